The molecule has 116 valence electrons. The van der Waals surface area contributed by atoms with Crippen molar-refractivity contribution in [3.05, 3.63) is 42.1 Å². The highest BCUT2D eigenvalue weighted by Gasteiger charge is 2.14. The topological polar surface area (TPSA) is 25.4 Å². The number of anilines is 1. The summed E-state index contributed by atoms with van der Waals surface area (Å²) in [5.74, 6) is 2.01. The number of ether oxygens (including phenoxy) is 1. The molecule has 1 aliphatic heterocycles. The molecule has 0 bridgehead atoms. The van der Waals surface area contributed by atoms with E-state index >= 15 is 0 Å². The van der Waals surface area contributed by atoms with Crippen molar-refractivity contribution in [3.63, 3.8) is 0 Å². The molecule has 2 aromatic rings. The van der Waals surface area contributed by atoms with Gasteiger partial charge < -0.3 is 9.64 Å². The Morgan fingerprint density at radius 2 is 1.86 bits per heavy atom. The first-order valence-corrected chi connectivity index (χ1v) is 8.12. The molecule has 0 radical (unpaired) electrons. The molecule has 1 fully saturated rings. The van der Waals surface area contributed by atoms with Gasteiger partial charge in [0.2, 0.25) is 0 Å². The molecule has 0 unspecified atom stereocenters. The second-order valence-electron chi connectivity index (χ2n) is 6.27. The minimum atomic E-state index is 0.165. The molecule has 22 heavy (non-hydrogen) atoms. The standard InChI is InChI=1S/C19H24N2O/c1-14(2)22-18-8-6-15(3)12-17(18)16-7-9-19(20-13-16)21-10-4-5-11-21/h6-9,12-14H,4-5,10-11H2,1-3H3. The first-order chi connectivity index (χ1) is 10.6. The first-order valence-electron chi connectivity index (χ1n) is 8.12. The molecule has 1 saturated heterocycles. The Labute approximate surface area is 132 Å². The Bertz CT molecular complexity index is 628. The van der Waals surface area contributed by atoms with Gasteiger partial charge in [-0.05, 0) is 57.9 Å². The Balaban J connectivity index is 1.91. The second kappa shape index (κ2) is 6.39. The van der Waals surface area contributed by atoms with Crippen LogP contribution < -0.4 is 9.64 Å². The molecule has 0 aliphatic carbocycles. The van der Waals surface area contributed by atoms with Crippen molar-refractivity contribution >= 4 is 5.82 Å². The van der Waals surface area contributed by atoms with E-state index in [1.165, 1.54) is 18.4 Å². The van der Waals surface area contributed by atoms with Crippen molar-refractivity contribution < 1.29 is 4.74 Å². The summed E-state index contributed by atoms with van der Waals surface area (Å²) < 4.78 is 5.95. The zero-order valence-electron chi connectivity index (χ0n) is 13.7. The average Bonchev–Trinajstić information content (AvgIpc) is 3.03. The third-order valence-corrected chi connectivity index (χ3v) is 3.99. The molecule has 3 heteroatoms. The number of nitrogens with zero attached hydrogens (tertiary/aromatic N) is 2. The van der Waals surface area contributed by atoms with Gasteiger partial charge in [0.05, 0.1) is 6.10 Å². The fourth-order valence-electron chi connectivity index (χ4n) is 2.90. The lowest BCUT2D eigenvalue weighted by Gasteiger charge is -2.18. The molecule has 3 nitrogen and oxygen atoms in total. The summed E-state index contributed by atoms with van der Waals surface area (Å²) in [6.07, 6.45) is 4.68. The summed E-state index contributed by atoms with van der Waals surface area (Å²) in [6, 6.07) is 10.6. The predicted octanol–water partition coefficient (Wildman–Crippen LogP) is 4.44. The van der Waals surface area contributed by atoms with E-state index in [0.717, 1.165) is 35.8 Å². The summed E-state index contributed by atoms with van der Waals surface area (Å²) in [4.78, 5) is 7.01. The van der Waals surface area contributed by atoms with Gasteiger partial charge in [0.25, 0.3) is 0 Å². The van der Waals surface area contributed by atoms with Crippen LogP contribution in [0.5, 0.6) is 5.75 Å². The third-order valence-electron chi connectivity index (χ3n) is 3.99. The molecular weight excluding hydrogens is 272 g/mol. The van der Waals surface area contributed by atoms with Crippen LogP contribution in [-0.4, -0.2) is 24.2 Å². The highest BCUT2D eigenvalue weighted by molar-refractivity contribution is 5.71. The van der Waals surface area contributed by atoms with Gasteiger partial charge >= 0.3 is 0 Å². The number of pyridine rings is 1. The Hall–Kier alpha value is -2.03. The molecular formula is C19H24N2O. The van der Waals surface area contributed by atoms with Gasteiger partial charge in [-0.15, -0.1) is 0 Å². The van der Waals surface area contributed by atoms with Gasteiger partial charge in [0, 0.05) is 30.4 Å². The lowest BCUT2D eigenvalue weighted by molar-refractivity contribution is 0.243. The van der Waals surface area contributed by atoms with Gasteiger partial charge in [-0.1, -0.05) is 11.6 Å². The van der Waals surface area contributed by atoms with Crippen molar-refractivity contribution in [2.45, 2.75) is 39.7 Å². The van der Waals surface area contributed by atoms with Crippen LogP contribution in [0, 0.1) is 6.92 Å². The summed E-state index contributed by atoms with van der Waals surface area (Å²) in [6.45, 7) is 8.46. The van der Waals surface area contributed by atoms with E-state index in [2.05, 4.69) is 61.0 Å². The minimum absolute atomic E-state index is 0.165. The maximum atomic E-state index is 5.95. The van der Waals surface area contributed by atoms with Crippen LogP contribution in [0.3, 0.4) is 0 Å². The molecule has 0 atom stereocenters. The van der Waals surface area contributed by atoms with E-state index in [0.29, 0.717) is 0 Å². The zero-order chi connectivity index (χ0) is 15.5. The highest BCUT2D eigenvalue weighted by atomic mass is 16.5. The molecule has 0 saturated carbocycles. The molecule has 1 aromatic heterocycles. The fraction of sp³-hybridized carbons (Fsp3) is 0.421. The van der Waals surface area contributed by atoms with E-state index in [-0.39, 0.29) is 6.10 Å². The third kappa shape index (κ3) is 3.24. The fourth-order valence-corrected chi connectivity index (χ4v) is 2.90. The zero-order valence-corrected chi connectivity index (χ0v) is 13.7. The summed E-state index contributed by atoms with van der Waals surface area (Å²) in [7, 11) is 0. The lowest BCUT2D eigenvalue weighted by Crippen LogP contribution is -2.18. The number of hydrogen-bond acceptors (Lipinski definition) is 3. The van der Waals surface area contributed by atoms with Crippen molar-refractivity contribution in [2.75, 3.05) is 18.0 Å². The number of hydrogen-bond donors (Lipinski definition) is 0. The SMILES string of the molecule is Cc1ccc(OC(C)C)c(-c2ccc(N3CCCC3)nc2)c1. The van der Waals surface area contributed by atoms with Crippen molar-refractivity contribution in [2.24, 2.45) is 0 Å². The number of aromatic nitrogens is 1. The average molecular weight is 296 g/mol. The number of benzene rings is 1. The van der Waals surface area contributed by atoms with E-state index < -0.39 is 0 Å². The minimum Gasteiger partial charge on any atom is -0.490 e. The van der Waals surface area contributed by atoms with Gasteiger partial charge in [-0.2, -0.15) is 0 Å². The monoisotopic (exact) mass is 296 g/mol. The normalized spacial score (nSPS) is 14.6. The van der Waals surface area contributed by atoms with E-state index in [1.54, 1.807) is 0 Å². The molecule has 2 heterocycles. The molecule has 3 rings (SSSR count). The highest BCUT2D eigenvalue weighted by Crippen LogP contribution is 2.32. The van der Waals surface area contributed by atoms with Gasteiger partial charge in [0.1, 0.15) is 11.6 Å². The quantitative estimate of drug-likeness (QED) is 0.833. The number of rotatable bonds is 4. The van der Waals surface area contributed by atoms with Crippen molar-refractivity contribution in [1.29, 1.82) is 0 Å². The van der Waals surface area contributed by atoms with E-state index in [1.807, 2.05) is 6.20 Å². The Kier molecular flexibility index (Phi) is 4.32. The Morgan fingerprint density at radius 3 is 2.50 bits per heavy atom. The predicted molar refractivity (Wildman–Crippen MR) is 91.6 cm³/mol. The number of aryl methyl sites for hydroxylation is 1. The van der Waals surface area contributed by atoms with Crippen molar-refractivity contribution in [1.82, 2.24) is 4.98 Å². The van der Waals surface area contributed by atoms with E-state index in [4.69, 9.17) is 4.74 Å². The summed E-state index contributed by atoms with van der Waals surface area (Å²) in [5.41, 5.74) is 3.46. The molecule has 1 aliphatic rings. The second-order valence-corrected chi connectivity index (χ2v) is 6.27. The first kappa shape index (κ1) is 14.9. The van der Waals surface area contributed by atoms with Gasteiger partial charge in [-0.3, -0.25) is 0 Å². The van der Waals surface area contributed by atoms with Crippen LogP contribution >= 0.6 is 0 Å². The van der Waals surface area contributed by atoms with Crippen LogP contribution in [0.25, 0.3) is 11.1 Å². The maximum Gasteiger partial charge on any atom is 0.128 e. The molecule has 1 aromatic carbocycles. The van der Waals surface area contributed by atoms with Crippen LogP contribution in [0.4, 0.5) is 5.82 Å². The van der Waals surface area contributed by atoms with Crippen LogP contribution in [-0.2, 0) is 0 Å². The summed E-state index contributed by atoms with van der Waals surface area (Å²) >= 11 is 0. The maximum absolute atomic E-state index is 5.95. The smallest absolute Gasteiger partial charge is 0.128 e. The van der Waals surface area contributed by atoms with E-state index in [9.17, 15) is 0 Å². The summed E-state index contributed by atoms with van der Waals surface area (Å²) in [5, 5.41) is 0. The lowest BCUT2D eigenvalue weighted by atomic mass is 10.0. The van der Waals surface area contributed by atoms with Gasteiger partial charge in [-0.25, -0.2) is 4.98 Å². The van der Waals surface area contributed by atoms with Crippen LogP contribution in [0.1, 0.15) is 32.3 Å². The van der Waals surface area contributed by atoms with Crippen LogP contribution in [0.15, 0.2) is 36.5 Å². The molecule has 0 N–H and O–H groups in total. The van der Waals surface area contributed by atoms with Gasteiger partial charge in [0.15, 0.2) is 0 Å². The van der Waals surface area contributed by atoms with Crippen LogP contribution in [0.2, 0.25) is 0 Å². The molecule has 0 spiro atoms. The largest absolute Gasteiger partial charge is 0.490 e. The van der Waals surface area contributed by atoms with Crippen molar-refractivity contribution in [3.8, 4) is 16.9 Å². The molecule has 0 amide bonds. The Morgan fingerprint density at radius 1 is 1.09 bits per heavy atom.